The molecule has 7 rings (SSSR count). The fourth-order valence-electron chi connectivity index (χ4n) is 6.41. The number of aliphatic hydroxyl groups excluding tert-OH is 1. The van der Waals surface area contributed by atoms with Gasteiger partial charge in [-0.15, -0.1) is 0 Å². The topological polar surface area (TPSA) is 97.2 Å². The van der Waals surface area contributed by atoms with E-state index in [1.54, 1.807) is 30.0 Å². The first-order valence-corrected chi connectivity index (χ1v) is 16.2. The van der Waals surface area contributed by atoms with Crippen molar-refractivity contribution in [3.8, 4) is 0 Å². The van der Waals surface area contributed by atoms with E-state index in [-0.39, 0.29) is 40.5 Å². The summed E-state index contributed by atoms with van der Waals surface area (Å²) in [5, 5.41) is 25.5. The summed E-state index contributed by atoms with van der Waals surface area (Å²) < 4.78 is 8.57. The number of carbonyl (C=O) groups is 2. The first kappa shape index (κ1) is 29.1. The van der Waals surface area contributed by atoms with Crippen LogP contribution in [-0.2, 0) is 22.7 Å². The van der Waals surface area contributed by atoms with Crippen molar-refractivity contribution in [2.45, 2.75) is 44.1 Å². The zero-order valence-corrected chi connectivity index (χ0v) is 27.0. The standard InChI is InChI=1S/C29H28N5O4S3.BrH/c1-16-22(25(29(37)38)34-24(16)23(17(2)35)26(34)36)20-12-33-15-32(27(39-3)28(33)41-20)11-19-6-4-5-18(9-19)10-30-13-21-31(14-30)7-8-40-21;/h4-9,12-17,23-24,35H,10-11H2,1-3H3;1H/q+1;/p-1/t16-,17+,23+,24+;/m0./s1. The van der Waals surface area contributed by atoms with Gasteiger partial charge in [0.1, 0.15) is 31.7 Å². The lowest BCUT2D eigenvalue weighted by atomic mass is 9.77. The number of hydrogen-bond acceptors (Lipinski definition) is 7. The Bertz CT molecular complexity index is 1860. The highest BCUT2D eigenvalue weighted by atomic mass is 79.9. The number of thiazole rings is 2. The molecule has 0 unspecified atom stereocenters. The van der Waals surface area contributed by atoms with Gasteiger partial charge in [0.2, 0.25) is 26.9 Å². The van der Waals surface area contributed by atoms with Crippen LogP contribution in [0.5, 0.6) is 0 Å². The van der Waals surface area contributed by atoms with Crippen molar-refractivity contribution < 1.29 is 45.9 Å². The van der Waals surface area contributed by atoms with Gasteiger partial charge in [0.25, 0.3) is 6.33 Å². The molecule has 2 aliphatic rings. The summed E-state index contributed by atoms with van der Waals surface area (Å²) in [6.45, 7) is 5.01. The van der Waals surface area contributed by atoms with Gasteiger partial charge in [0, 0.05) is 16.9 Å². The second-order valence-corrected chi connectivity index (χ2v) is 13.5. The second-order valence-electron chi connectivity index (χ2n) is 10.7. The number of halogens is 1. The van der Waals surface area contributed by atoms with Crippen LogP contribution in [0.1, 0.15) is 29.9 Å². The normalized spacial score (nSPS) is 20.7. The molecule has 0 bridgehead atoms. The van der Waals surface area contributed by atoms with Gasteiger partial charge in [-0.1, -0.05) is 59.6 Å². The zero-order valence-electron chi connectivity index (χ0n) is 23.0. The molecule has 42 heavy (non-hydrogen) atoms. The number of hydrogen-bond donors (Lipinski definition) is 1. The highest BCUT2D eigenvalue weighted by Crippen LogP contribution is 2.51. The van der Waals surface area contributed by atoms with Crippen LogP contribution in [0, 0.1) is 11.8 Å². The van der Waals surface area contributed by atoms with Crippen LogP contribution < -0.4 is 31.2 Å². The summed E-state index contributed by atoms with van der Waals surface area (Å²) in [4.78, 5) is 29.3. The molecule has 6 heterocycles. The third-order valence-corrected chi connectivity index (χ3v) is 11.1. The third kappa shape index (κ3) is 4.53. The maximum absolute atomic E-state index is 12.7. The monoisotopic (exact) mass is 685 g/mol. The molecule has 0 aliphatic carbocycles. The van der Waals surface area contributed by atoms with E-state index in [4.69, 9.17) is 0 Å². The van der Waals surface area contributed by atoms with Crippen LogP contribution >= 0.6 is 34.4 Å². The Balaban J connectivity index is 0.00000316. The lowest BCUT2D eigenvalue weighted by molar-refractivity contribution is -0.721. The molecular formula is C29H28BrN5O4S3. The van der Waals surface area contributed by atoms with E-state index in [1.165, 1.54) is 32.2 Å². The SMILES string of the molecule is CSc1c2sc(C3=C(C(=O)[O-])N4C(=O)[C@H]([C@@H](C)O)[C@H]4[C@H]3C)cn2c[n+]1Cc1cccc(C[n+]2cc3sccn3c2)c1.[Br-]. The number of aliphatic carboxylic acids is 1. The molecule has 9 nitrogen and oxygen atoms in total. The fraction of sp³-hybridized carbons (Fsp3) is 0.310. The van der Waals surface area contributed by atoms with Crippen molar-refractivity contribution in [2.24, 2.45) is 11.8 Å². The number of aliphatic hydroxyl groups is 1. The van der Waals surface area contributed by atoms with Crippen molar-refractivity contribution in [2.75, 3.05) is 6.26 Å². The van der Waals surface area contributed by atoms with E-state index < -0.39 is 18.0 Å². The van der Waals surface area contributed by atoms with Gasteiger partial charge in [0.15, 0.2) is 0 Å². The van der Waals surface area contributed by atoms with Gasteiger partial charge in [0.05, 0.1) is 34.6 Å². The molecule has 0 spiro atoms. The lowest BCUT2D eigenvalue weighted by Gasteiger charge is -2.47. The van der Waals surface area contributed by atoms with Gasteiger partial charge in [-0.2, -0.15) is 8.80 Å². The Hall–Kier alpha value is -2.97. The summed E-state index contributed by atoms with van der Waals surface area (Å²) in [6.07, 6.45) is 11.5. The minimum Gasteiger partial charge on any atom is -1.00 e. The van der Waals surface area contributed by atoms with Crippen LogP contribution in [0.25, 0.3) is 15.2 Å². The van der Waals surface area contributed by atoms with E-state index in [1.807, 2.05) is 30.1 Å². The number of nitrogens with zero attached hydrogens (tertiary/aromatic N) is 5. The highest BCUT2D eigenvalue weighted by molar-refractivity contribution is 7.98. The van der Waals surface area contributed by atoms with Gasteiger partial charge < -0.3 is 36.9 Å². The van der Waals surface area contributed by atoms with E-state index in [0.29, 0.717) is 12.1 Å². The number of aromatic nitrogens is 4. The molecule has 1 aromatic carbocycles. The summed E-state index contributed by atoms with van der Waals surface area (Å²) in [7, 11) is 0. The van der Waals surface area contributed by atoms with Gasteiger partial charge >= 0.3 is 0 Å². The van der Waals surface area contributed by atoms with Crippen LogP contribution in [0.3, 0.4) is 0 Å². The molecule has 1 amide bonds. The van der Waals surface area contributed by atoms with Crippen molar-refractivity contribution >= 4 is 61.5 Å². The van der Waals surface area contributed by atoms with Gasteiger partial charge in [-0.3, -0.25) is 4.79 Å². The number of amides is 1. The fourth-order valence-corrected chi connectivity index (χ4v) is 9.34. The number of carbonyl (C=O) groups excluding carboxylic acids is 2. The van der Waals surface area contributed by atoms with Crippen LogP contribution in [0.2, 0.25) is 0 Å². The molecule has 4 atom stereocenters. The molecule has 2 aliphatic heterocycles. The quantitative estimate of drug-likeness (QED) is 0.129. The summed E-state index contributed by atoms with van der Waals surface area (Å²) in [5.74, 6) is -2.54. The Labute approximate surface area is 264 Å². The number of carboxylic acids is 1. The largest absolute Gasteiger partial charge is 1.00 e. The molecule has 1 saturated heterocycles. The first-order chi connectivity index (χ1) is 19.7. The van der Waals surface area contributed by atoms with E-state index in [9.17, 15) is 19.8 Å². The summed E-state index contributed by atoms with van der Waals surface area (Å²) >= 11 is 4.89. The van der Waals surface area contributed by atoms with Crippen molar-refractivity contribution in [3.05, 3.63) is 82.6 Å². The number of benzene rings is 1. The van der Waals surface area contributed by atoms with Crippen molar-refractivity contribution in [1.82, 2.24) is 13.7 Å². The van der Waals surface area contributed by atoms with Crippen LogP contribution in [0.15, 0.2) is 71.6 Å². The van der Waals surface area contributed by atoms with E-state index in [2.05, 4.69) is 61.9 Å². The Morgan fingerprint density at radius 3 is 2.67 bits per heavy atom. The molecule has 1 N–H and O–H groups in total. The maximum atomic E-state index is 12.7. The van der Waals surface area contributed by atoms with Gasteiger partial charge in [-0.25, -0.2) is 9.13 Å². The minimum atomic E-state index is -1.36. The zero-order chi connectivity index (χ0) is 28.6. The molecular weight excluding hydrogens is 658 g/mol. The number of imidazole rings is 2. The van der Waals surface area contributed by atoms with Crippen LogP contribution in [0.4, 0.5) is 0 Å². The average molecular weight is 687 g/mol. The number of thioether (sulfide) groups is 1. The van der Waals surface area contributed by atoms with E-state index >= 15 is 0 Å². The average Bonchev–Trinajstić information content (AvgIpc) is 3.70. The number of carboxylic acid groups (broad SMARTS) is 1. The number of β-lactam (4-membered cyclic amide) rings is 1. The molecule has 1 fully saturated rings. The van der Waals surface area contributed by atoms with Gasteiger partial charge in [-0.05, 0) is 30.4 Å². The Kier molecular flexibility index (Phi) is 7.59. The van der Waals surface area contributed by atoms with Crippen molar-refractivity contribution in [1.29, 1.82) is 0 Å². The minimum absolute atomic E-state index is 0. The number of fused-ring (bicyclic) bond motifs is 3. The smallest absolute Gasteiger partial charge is 0.250 e. The molecule has 0 saturated carbocycles. The lowest BCUT2D eigenvalue weighted by Crippen LogP contribution is -3.00. The maximum Gasteiger partial charge on any atom is 0.250 e. The highest BCUT2D eigenvalue weighted by Gasteiger charge is 2.59. The van der Waals surface area contributed by atoms with Crippen molar-refractivity contribution in [3.63, 3.8) is 0 Å². The third-order valence-electron chi connectivity index (χ3n) is 8.15. The predicted molar refractivity (Wildman–Crippen MR) is 154 cm³/mol. The Morgan fingerprint density at radius 1 is 1.21 bits per heavy atom. The summed E-state index contributed by atoms with van der Waals surface area (Å²) in [6, 6.07) is 8.25. The molecule has 0 radical (unpaired) electrons. The molecule has 13 heteroatoms. The van der Waals surface area contributed by atoms with Crippen LogP contribution in [-0.4, -0.2) is 49.1 Å². The molecule has 4 aromatic heterocycles. The molecule has 5 aromatic rings. The predicted octanol–water partition coefficient (Wildman–Crippen LogP) is -0.969. The van der Waals surface area contributed by atoms with E-state index in [0.717, 1.165) is 21.3 Å². The molecule has 218 valence electrons. The summed E-state index contributed by atoms with van der Waals surface area (Å²) in [5.41, 5.74) is 2.97. The number of rotatable bonds is 8. The second kappa shape index (κ2) is 10.9. The first-order valence-electron chi connectivity index (χ1n) is 13.3. The Morgan fingerprint density at radius 2 is 1.98 bits per heavy atom.